The largest absolute Gasteiger partial charge is 0.478 e. The van der Waals surface area contributed by atoms with E-state index in [0.29, 0.717) is 10.6 Å². The first-order chi connectivity index (χ1) is 11.0. The molecule has 3 rings (SSSR count). The number of nitrogens with zero attached hydrogens (tertiary/aromatic N) is 1. The van der Waals surface area contributed by atoms with Crippen molar-refractivity contribution in [1.29, 1.82) is 0 Å². The van der Waals surface area contributed by atoms with Crippen LogP contribution in [-0.4, -0.2) is 28.6 Å². The number of ether oxygens (including phenoxy) is 1. The van der Waals surface area contributed by atoms with Gasteiger partial charge in [0.05, 0.1) is 11.8 Å². The summed E-state index contributed by atoms with van der Waals surface area (Å²) < 4.78 is 5.56. The zero-order valence-electron chi connectivity index (χ0n) is 12.5. The Bertz CT molecular complexity index is 750. The molecule has 1 aromatic heterocycles. The Labute approximate surface area is 137 Å². The SMILES string of the molecule is Cc1ccc(C(=O)O)cc1NC(=O)c1cnc(C2CCCO2)s1. The molecule has 0 radical (unpaired) electrons. The van der Waals surface area contributed by atoms with E-state index in [1.807, 2.05) is 6.92 Å². The van der Waals surface area contributed by atoms with Crippen molar-refractivity contribution in [2.45, 2.75) is 25.9 Å². The molecule has 2 heterocycles. The van der Waals surface area contributed by atoms with Gasteiger partial charge in [-0.2, -0.15) is 0 Å². The van der Waals surface area contributed by atoms with Gasteiger partial charge in [-0.3, -0.25) is 4.79 Å². The Morgan fingerprint density at radius 2 is 2.26 bits per heavy atom. The van der Waals surface area contributed by atoms with E-state index in [2.05, 4.69) is 10.3 Å². The lowest BCUT2D eigenvalue weighted by atomic mass is 10.1. The number of carboxylic acid groups (broad SMARTS) is 1. The van der Waals surface area contributed by atoms with E-state index >= 15 is 0 Å². The summed E-state index contributed by atoms with van der Waals surface area (Å²) >= 11 is 1.31. The van der Waals surface area contributed by atoms with Gasteiger partial charge in [0.25, 0.3) is 5.91 Å². The monoisotopic (exact) mass is 332 g/mol. The highest BCUT2D eigenvalue weighted by Crippen LogP contribution is 2.31. The number of aromatic nitrogens is 1. The van der Waals surface area contributed by atoms with Crippen LogP contribution in [0.5, 0.6) is 0 Å². The van der Waals surface area contributed by atoms with Crippen molar-refractivity contribution < 1.29 is 19.4 Å². The van der Waals surface area contributed by atoms with Crippen molar-refractivity contribution in [2.75, 3.05) is 11.9 Å². The van der Waals surface area contributed by atoms with Crippen LogP contribution in [0.15, 0.2) is 24.4 Å². The minimum absolute atomic E-state index is 0.0152. The van der Waals surface area contributed by atoms with Crippen molar-refractivity contribution >= 4 is 28.9 Å². The molecule has 2 aromatic rings. The van der Waals surface area contributed by atoms with Gasteiger partial charge in [0.2, 0.25) is 0 Å². The molecule has 0 saturated carbocycles. The highest BCUT2D eigenvalue weighted by molar-refractivity contribution is 7.13. The summed E-state index contributed by atoms with van der Waals surface area (Å²) in [7, 11) is 0. The number of hydrogen-bond donors (Lipinski definition) is 2. The predicted molar refractivity (Wildman–Crippen MR) is 86.1 cm³/mol. The molecule has 1 fully saturated rings. The zero-order chi connectivity index (χ0) is 16.4. The maximum absolute atomic E-state index is 12.3. The number of hydrogen-bond acceptors (Lipinski definition) is 5. The molecule has 7 heteroatoms. The first kappa shape index (κ1) is 15.6. The summed E-state index contributed by atoms with van der Waals surface area (Å²) in [5, 5.41) is 12.6. The molecule has 23 heavy (non-hydrogen) atoms. The van der Waals surface area contributed by atoms with Crippen molar-refractivity contribution in [3.8, 4) is 0 Å². The Morgan fingerprint density at radius 1 is 1.43 bits per heavy atom. The number of carboxylic acids is 1. The molecule has 0 spiro atoms. The van der Waals surface area contributed by atoms with Gasteiger partial charge < -0.3 is 15.2 Å². The number of amides is 1. The predicted octanol–water partition coefficient (Wildman–Crippen LogP) is 3.25. The third kappa shape index (κ3) is 3.40. The quantitative estimate of drug-likeness (QED) is 0.897. The van der Waals surface area contributed by atoms with Gasteiger partial charge in [0.1, 0.15) is 16.0 Å². The number of carbonyl (C=O) groups is 2. The van der Waals surface area contributed by atoms with Crippen LogP contribution in [0.1, 0.15) is 49.5 Å². The van der Waals surface area contributed by atoms with E-state index in [4.69, 9.17) is 9.84 Å². The molecule has 1 amide bonds. The number of thiazole rings is 1. The summed E-state index contributed by atoms with van der Waals surface area (Å²) in [4.78, 5) is 28.1. The molecule has 0 bridgehead atoms. The molecule has 1 aliphatic rings. The summed E-state index contributed by atoms with van der Waals surface area (Å²) in [5.74, 6) is -1.32. The summed E-state index contributed by atoms with van der Waals surface area (Å²) in [5.41, 5.74) is 1.42. The van der Waals surface area contributed by atoms with E-state index in [9.17, 15) is 9.59 Å². The van der Waals surface area contributed by atoms with Gasteiger partial charge in [0, 0.05) is 12.3 Å². The van der Waals surface area contributed by atoms with Gasteiger partial charge in [-0.25, -0.2) is 9.78 Å². The van der Waals surface area contributed by atoms with Crippen LogP contribution in [0.4, 0.5) is 5.69 Å². The van der Waals surface area contributed by atoms with E-state index in [1.165, 1.54) is 29.7 Å². The maximum Gasteiger partial charge on any atom is 0.335 e. The van der Waals surface area contributed by atoms with Crippen molar-refractivity contribution in [1.82, 2.24) is 4.98 Å². The Balaban J connectivity index is 1.76. The fraction of sp³-hybridized carbons (Fsp3) is 0.312. The van der Waals surface area contributed by atoms with Crippen LogP contribution in [0.2, 0.25) is 0 Å². The molecule has 1 aliphatic heterocycles. The lowest BCUT2D eigenvalue weighted by Crippen LogP contribution is -2.12. The number of nitrogens with one attached hydrogen (secondary N) is 1. The van der Waals surface area contributed by atoms with Gasteiger partial charge in [0.15, 0.2) is 0 Å². The fourth-order valence-corrected chi connectivity index (χ4v) is 3.28. The highest BCUT2D eigenvalue weighted by Gasteiger charge is 2.22. The van der Waals surface area contributed by atoms with Crippen LogP contribution in [0.25, 0.3) is 0 Å². The van der Waals surface area contributed by atoms with E-state index in [1.54, 1.807) is 6.07 Å². The number of anilines is 1. The Hall–Kier alpha value is -2.25. The number of aromatic carboxylic acids is 1. The summed E-state index contributed by atoms with van der Waals surface area (Å²) in [6.07, 6.45) is 3.45. The minimum Gasteiger partial charge on any atom is -0.478 e. The zero-order valence-corrected chi connectivity index (χ0v) is 13.4. The van der Waals surface area contributed by atoms with E-state index in [-0.39, 0.29) is 17.6 Å². The number of rotatable bonds is 4. The smallest absolute Gasteiger partial charge is 0.335 e. The van der Waals surface area contributed by atoms with Gasteiger partial charge in [-0.05, 0) is 37.5 Å². The fourth-order valence-electron chi connectivity index (χ4n) is 2.39. The van der Waals surface area contributed by atoms with Crippen LogP contribution in [0.3, 0.4) is 0 Å². The lowest BCUT2D eigenvalue weighted by Gasteiger charge is -2.08. The second-order valence-electron chi connectivity index (χ2n) is 5.35. The second kappa shape index (κ2) is 6.47. The van der Waals surface area contributed by atoms with Crippen LogP contribution >= 0.6 is 11.3 Å². The average Bonchev–Trinajstić information content (AvgIpc) is 3.20. The number of aryl methyl sites for hydroxylation is 1. The molecule has 1 atom stereocenters. The standard InChI is InChI=1S/C16H16N2O4S/c1-9-4-5-10(16(20)21)7-11(9)18-14(19)13-8-17-15(23-13)12-3-2-6-22-12/h4-5,7-8,12H,2-3,6H2,1H3,(H,18,19)(H,20,21). The normalized spacial score (nSPS) is 17.2. The van der Waals surface area contributed by atoms with Crippen molar-refractivity contribution in [3.63, 3.8) is 0 Å². The topological polar surface area (TPSA) is 88.5 Å². The molecular weight excluding hydrogens is 316 g/mol. The molecular formula is C16H16N2O4S. The van der Waals surface area contributed by atoms with Crippen molar-refractivity contribution in [3.05, 3.63) is 45.4 Å². The molecule has 2 N–H and O–H groups in total. The summed E-state index contributed by atoms with van der Waals surface area (Å²) in [6, 6.07) is 4.64. The van der Waals surface area contributed by atoms with Gasteiger partial charge >= 0.3 is 5.97 Å². The third-order valence-corrected chi connectivity index (χ3v) is 4.77. The van der Waals surface area contributed by atoms with Gasteiger partial charge in [-0.1, -0.05) is 6.07 Å². The maximum atomic E-state index is 12.3. The molecule has 1 saturated heterocycles. The Morgan fingerprint density at radius 3 is 2.96 bits per heavy atom. The second-order valence-corrected chi connectivity index (χ2v) is 6.42. The minimum atomic E-state index is -1.03. The molecule has 1 unspecified atom stereocenters. The Kier molecular flexibility index (Phi) is 4.40. The average molecular weight is 332 g/mol. The molecule has 6 nitrogen and oxygen atoms in total. The number of benzene rings is 1. The molecule has 0 aliphatic carbocycles. The first-order valence-corrected chi connectivity index (χ1v) is 8.09. The van der Waals surface area contributed by atoms with E-state index in [0.717, 1.165) is 30.0 Å². The van der Waals surface area contributed by atoms with Gasteiger partial charge in [-0.15, -0.1) is 11.3 Å². The van der Waals surface area contributed by atoms with Crippen LogP contribution < -0.4 is 5.32 Å². The first-order valence-electron chi connectivity index (χ1n) is 7.27. The lowest BCUT2D eigenvalue weighted by molar-refractivity contribution is 0.0696. The number of carbonyl (C=O) groups excluding carboxylic acids is 1. The molecule has 1 aromatic carbocycles. The third-order valence-electron chi connectivity index (χ3n) is 3.69. The van der Waals surface area contributed by atoms with Crippen LogP contribution in [-0.2, 0) is 4.74 Å². The highest BCUT2D eigenvalue weighted by atomic mass is 32.1. The van der Waals surface area contributed by atoms with Crippen LogP contribution in [0, 0.1) is 6.92 Å². The van der Waals surface area contributed by atoms with E-state index < -0.39 is 5.97 Å². The molecule has 120 valence electrons. The van der Waals surface area contributed by atoms with Crippen molar-refractivity contribution in [2.24, 2.45) is 0 Å². The summed E-state index contributed by atoms with van der Waals surface area (Å²) in [6.45, 7) is 2.54.